The predicted octanol–water partition coefficient (Wildman–Crippen LogP) is 13.5. The van der Waals surface area contributed by atoms with Crippen molar-refractivity contribution < 1.29 is 77.3 Å². The Balaban J connectivity index is 0.000000241. The molecule has 0 bridgehead atoms. The van der Waals surface area contributed by atoms with Gasteiger partial charge >= 0.3 is 43.4 Å². The molecule has 8 aromatic rings. The van der Waals surface area contributed by atoms with Gasteiger partial charge in [-0.3, -0.25) is 50.4 Å². The molecular formula is C70H58N8O16Zn. The number of non-ortho nitro benzene ring substituents is 4. The molecule has 0 amide bonds. The molecule has 2 aliphatic heterocycles. The molecule has 0 unspecified atom stereocenters. The number of allylic oxidation sites excluding steroid dienone is 2. The number of nitro benzene ring substituents is 4. The van der Waals surface area contributed by atoms with Crippen molar-refractivity contribution in [2.75, 3.05) is 0 Å². The van der Waals surface area contributed by atoms with Gasteiger partial charge in [0.05, 0.1) is 53.7 Å². The molecule has 24 nitrogen and oxygen atoms in total. The summed E-state index contributed by atoms with van der Waals surface area (Å²) in [4.78, 5) is 114. The summed E-state index contributed by atoms with van der Waals surface area (Å²) in [5.74, 6) is -2.38. The van der Waals surface area contributed by atoms with Crippen molar-refractivity contribution in [3.8, 4) is 0 Å². The fourth-order valence-electron chi connectivity index (χ4n) is 10.7. The van der Waals surface area contributed by atoms with Crippen molar-refractivity contribution >= 4 is 69.2 Å². The van der Waals surface area contributed by atoms with E-state index in [4.69, 9.17) is 38.9 Å². The number of hydrogen-bond donors (Lipinski definition) is 0. The van der Waals surface area contributed by atoms with Crippen molar-refractivity contribution in [2.45, 2.75) is 81.8 Å². The van der Waals surface area contributed by atoms with Crippen LogP contribution < -0.4 is 9.97 Å². The van der Waals surface area contributed by atoms with Crippen LogP contribution in [0.4, 0.5) is 22.7 Å². The Bertz CT molecular complexity index is 4270. The number of hydrogen-bond acceptors (Lipinski definition) is 18. The first-order valence-corrected chi connectivity index (χ1v) is 29.0. The molecular weight excluding hydrogens is 1270 g/mol. The first kappa shape index (κ1) is 69.2. The zero-order valence-electron chi connectivity index (χ0n) is 52.7. The molecule has 10 rings (SSSR count). The Labute approximate surface area is 555 Å². The molecule has 0 saturated carbocycles. The number of rotatable bonds is 20. The summed E-state index contributed by atoms with van der Waals surface area (Å²) < 4.78 is 22.3. The third-order valence-corrected chi connectivity index (χ3v) is 15.4. The zero-order chi connectivity index (χ0) is 67.7. The van der Waals surface area contributed by atoms with Crippen molar-refractivity contribution in [3.05, 3.63) is 310 Å². The van der Waals surface area contributed by atoms with Gasteiger partial charge in [-0.2, -0.15) is 0 Å². The van der Waals surface area contributed by atoms with Gasteiger partial charge in [0.25, 0.3) is 22.7 Å². The molecule has 4 heterocycles. The Morgan fingerprint density at radius 1 is 0.379 bits per heavy atom. The van der Waals surface area contributed by atoms with Crippen LogP contribution in [0.5, 0.6) is 0 Å². The fraction of sp³-hybridized carbons (Fsp3) is 0.171. The minimum atomic E-state index is -0.594. The third kappa shape index (κ3) is 15.6. The molecule has 25 heteroatoms. The van der Waals surface area contributed by atoms with E-state index in [9.17, 15) is 59.6 Å². The van der Waals surface area contributed by atoms with Crippen LogP contribution in [0.25, 0.3) is 11.1 Å². The zero-order valence-corrected chi connectivity index (χ0v) is 55.6. The van der Waals surface area contributed by atoms with E-state index in [1.165, 1.54) is 97.1 Å². The standard InChI is InChI=1S/2C35H30N4O8.Zn/c2*1-20-29(34(40)46-18-24-10-14-27(15-11-24)38(42)43)22(3)36-32(20)31(26-8-6-5-7-9-26)33-21(2)30(23(4)37-33)35(41)47-19-25-12-16-28(17-13-25)39(44)45;/h2*5-17H,18-19H2,1-4H3,(H,36,37,40,41);/q;;+2/p-2. The number of aliphatic imine (C=N–C) groups is 2. The second kappa shape index (κ2) is 30.1. The van der Waals surface area contributed by atoms with Gasteiger partial charge in [0.15, 0.2) is 0 Å². The fourth-order valence-corrected chi connectivity index (χ4v) is 10.7. The summed E-state index contributed by atoms with van der Waals surface area (Å²) in [7, 11) is 0. The molecule has 0 spiro atoms. The van der Waals surface area contributed by atoms with Crippen LogP contribution in [0.1, 0.15) is 116 Å². The molecule has 6 aromatic carbocycles. The van der Waals surface area contributed by atoms with E-state index in [1.54, 1.807) is 55.4 Å². The van der Waals surface area contributed by atoms with Crippen LogP contribution in [-0.2, 0) is 74.4 Å². The van der Waals surface area contributed by atoms with Gasteiger partial charge in [0.2, 0.25) is 0 Å². The normalized spacial score (nSPS) is 13.5. The van der Waals surface area contributed by atoms with Gasteiger partial charge in [-0.05, 0) is 146 Å². The van der Waals surface area contributed by atoms with E-state index in [1.807, 2.05) is 60.7 Å². The largest absolute Gasteiger partial charge is 2.00 e. The molecule has 476 valence electrons. The average Bonchev–Trinajstić information content (AvgIpc) is 1.62. The number of carbonyl (C=O) groups is 4. The molecule has 0 fully saturated rings. The average molecular weight is 1330 g/mol. The maximum atomic E-state index is 13.3. The second-order valence-corrected chi connectivity index (χ2v) is 21.7. The molecule has 2 aromatic heterocycles. The summed E-state index contributed by atoms with van der Waals surface area (Å²) >= 11 is 0. The van der Waals surface area contributed by atoms with Crippen LogP contribution in [0.15, 0.2) is 201 Å². The minimum absolute atomic E-state index is 0. The van der Waals surface area contributed by atoms with E-state index >= 15 is 0 Å². The quantitative estimate of drug-likeness (QED) is 0.0225. The molecule has 0 aliphatic carbocycles. The van der Waals surface area contributed by atoms with E-state index < -0.39 is 43.6 Å². The molecule has 95 heavy (non-hydrogen) atoms. The van der Waals surface area contributed by atoms with Crippen molar-refractivity contribution in [1.29, 1.82) is 0 Å². The molecule has 0 radical (unpaired) electrons. The Hall–Kier alpha value is -11.7. The first-order valence-electron chi connectivity index (χ1n) is 29.0. The number of esters is 4. The topological polar surface area (TPSA) is 331 Å². The molecule has 2 aliphatic rings. The number of ether oxygens (including phenoxy) is 4. The van der Waals surface area contributed by atoms with Crippen molar-refractivity contribution in [2.24, 2.45) is 9.98 Å². The number of benzene rings is 6. The summed E-state index contributed by atoms with van der Waals surface area (Å²) in [6.07, 6.45) is 0. The number of nitrogens with zero attached hydrogens (tertiary/aromatic N) is 8. The number of nitro groups is 4. The Morgan fingerprint density at radius 2 is 0.632 bits per heavy atom. The predicted molar refractivity (Wildman–Crippen MR) is 345 cm³/mol. The molecule has 0 saturated heterocycles. The maximum Gasteiger partial charge on any atom is 2.00 e. The summed E-state index contributed by atoms with van der Waals surface area (Å²) in [5.41, 5.74) is 12.1. The third-order valence-electron chi connectivity index (χ3n) is 15.4. The number of carbonyl (C=O) groups excluding carboxylic acids is 4. The van der Waals surface area contributed by atoms with Crippen molar-refractivity contribution in [3.63, 3.8) is 0 Å². The Morgan fingerprint density at radius 3 is 0.884 bits per heavy atom. The second-order valence-electron chi connectivity index (χ2n) is 21.7. The van der Waals surface area contributed by atoms with Gasteiger partial charge in [-0.25, -0.2) is 19.2 Å². The van der Waals surface area contributed by atoms with E-state index in [0.717, 1.165) is 11.1 Å². The van der Waals surface area contributed by atoms with E-state index in [2.05, 4.69) is 0 Å². The van der Waals surface area contributed by atoms with Crippen molar-refractivity contribution in [1.82, 2.24) is 9.97 Å². The first-order chi connectivity index (χ1) is 44.9. The summed E-state index contributed by atoms with van der Waals surface area (Å²) in [6, 6.07) is 41.8. The van der Waals surface area contributed by atoms with Crippen LogP contribution >= 0.6 is 0 Å². The number of aryl methyl sites for hydroxylation is 2. The number of aromatic nitrogens is 2. The van der Waals surface area contributed by atoms with Crippen LogP contribution in [-0.4, -0.2) is 55.0 Å². The summed E-state index contributed by atoms with van der Waals surface area (Å²) in [6.45, 7) is 13.6. The van der Waals surface area contributed by atoms with Gasteiger partial charge in [-0.15, -0.1) is 22.8 Å². The maximum absolute atomic E-state index is 13.3. The summed E-state index contributed by atoms with van der Waals surface area (Å²) in [5, 5.41) is 43.8. The van der Waals surface area contributed by atoms with E-state index in [-0.39, 0.29) is 68.7 Å². The van der Waals surface area contributed by atoms with Gasteiger partial charge < -0.3 is 28.9 Å². The van der Waals surface area contributed by atoms with Gasteiger partial charge in [0.1, 0.15) is 26.4 Å². The van der Waals surface area contributed by atoms with Gasteiger partial charge in [-0.1, -0.05) is 85.6 Å². The van der Waals surface area contributed by atoms with Crippen LogP contribution in [0.3, 0.4) is 0 Å². The molecule has 0 N–H and O–H groups in total. The minimum Gasteiger partial charge on any atom is -0.660 e. The smallest absolute Gasteiger partial charge is 0.660 e. The monoisotopic (exact) mass is 1330 g/mol. The van der Waals surface area contributed by atoms with E-state index in [0.29, 0.717) is 124 Å². The Kier molecular flexibility index (Phi) is 22.0. The molecule has 0 atom stereocenters. The van der Waals surface area contributed by atoms with Crippen LogP contribution in [0.2, 0.25) is 0 Å². The van der Waals surface area contributed by atoms with Crippen LogP contribution in [0, 0.1) is 68.2 Å². The SMILES string of the molecule is CC1=N/C(=C(/c2ccccc2)c2[n-]c(C)c(C(=O)OCc3ccc([N+](=O)[O-])cc3)c2C)C(C)=C1C(=O)OCc1ccc([N+](=O)[O-])cc1.CC1=N/C(=C(/c2ccccc2)c2[n-]c(C)c(C(=O)OCc3ccc([N+](=O)[O-])cc3)c2C)C(C)=C1C(=O)OCc1ccc([N+](=O)[O-])cc1.[Zn+2]. The van der Waals surface area contributed by atoms with Gasteiger partial charge in [0, 0.05) is 59.7 Å².